The smallest absolute Gasteiger partial charge is 0.0649 e. The average Bonchev–Trinajstić information content (AvgIpc) is 2.53. The van der Waals surface area contributed by atoms with E-state index in [9.17, 15) is 0 Å². The number of pyridine rings is 1. The second-order valence-electron chi connectivity index (χ2n) is 5.05. The summed E-state index contributed by atoms with van der Waals surface area (Å²) in [5.41, 5.74) is 8.67. The summed E-state index contributed by atoms with van der Waals surface area (Å²) < 4.78 is 0. The Hall–Kier alpha value is -2.19. The van der Waals surface area contributed by atoms with E-state index in [-0.39, 0.29) is 6.04 Å². The van der Waals surface area contributed by atoms with Crippen LogP contribution in [0.15, 0.2) is 66.9 Å². The Morgan fingerprint density at radius 2 is 1.65 bits per heavy atom. The van der Waals surface area contributed by atoms with Gasteiger partial charge in [-0.2, -0.15) is 0 Å². The van der Waals surface area contributed by atoms with Crippen molar-refractivity contribution in [3.63, 3.8) is 0 Å². The summed E-state index contributed by atoms with van der Waals surface area (Å²) in [5.74, 6) is 0. The highest BCUT2D eigenvalue weighted by Gasteiger charge is 2.11. The first-order valence-electron chi connectivity index (χ1n) is 6.98. The van der Waals surface area contributed by atoms with Gasteiger partial charge in [0.15, 0.2) is 0 Å². The van der Waals surface area contributed by atoms with Gasteiger partial charge in [-0.3, -0.25) is 4.98 Å². The standard InChI is InChI=1S/C18H18N2/c19-17(11-10-14-6-2-1-3-7-14)18-16-9-5-4-8-15(16)12-13-20-18/h1-9,12-13,17H,10-11,19H2. The number of nitrogens with two attached hydrogens (primary N) is 1. The van der Waals surface area contributed by atoms with Crippen LogP contribution >= 0.6 is 0 Å². The van der Waals surface area contributed by atoms with E-state index in [1.54, 1.807) is 0 Å². The van der Waals surface area contributed by atoms with Crippen molar-refractivity contribution < 1.29 is 0 Å². The molecule has 2 heteroatoms. The SMILES string of the molecule is NC(CCc1ccccc1)c1nccc2ccccc12. The van der Waals surface area contributed by atoms with Gasteiger partial charge in [0, 0.05) is 17.6 Å². The lowest BCUT2D eigenvalue weighted by molar-refractivity contribution is 0.639. The molecule has 0 saturated heterocycles. The van der Waals surface area contributed by atoms with Gasteiger partial charge in [-0.05, 0) is 29.9 Å². The van der Waals surface area contributed by atoms with Crippen molar-refractivity contribution in [3.8, 4) is 0 Å². The number of fused-ring (bicyclic) bond motifs is 1. The number of rotatable bonds is 4. The summed E-state index contributed by atoms with van der Waals surface area (Å²) in [7, 11) is 0. The summed E-state index contributed by atoms with van der Waals surface area (Å²) in [6, 6.07) is 20.7. The van der Waals surface area contributed by atoms with Crippen LogP contribution in [0.1, 0.15) is 23.7 Å². The van der Waals surface area contributed by atoms with Crippen molar-refractivity contribution >= 4 is 10.8 Å². The van der Waals surface area contributed by atoms with E-state index in [4.69, 9.17) is 5.73 Å². The fourth-order valence-corrected chi connectivity index (χ4v) is 2.54. The molecule has 100 valence electrons. The quantitative estimate of drug-likeness (QED) is 0.775. The second kappa shape index (κ2) is 5.85. The summed E-state index contributed by atoms with van der Waals surface area (Å²) in [5, 5.41) is 2.36. The molecular weight excluding hydrogens is 244 g/mol. The van der Waals surface area contributed by atoms with E-state index in [0.29, 0.717) is 0 Å². The summed E-state index contributed by atoms with van der Waals surface area (Å²) >= 11 is 0. The topological polar surface area (TPSA) is 38.9 Å². The lowest BCUT2D eigenvalue weighted by Crippen LogP contribution is -2.13. The maximum atomic E-state index is 6.35. The van der Waals surface area contributed by atoms with Gasteiger partial charge in [0.05, 0.1) is 5.69 Å². The van der Waals surface area contributed by atoms with Crippen LogP contribution in [-0.4, -0.2) is 4.98 Å². The molecule has 2 aromatic carbocycles. The lowest BCUT2D eigenvalue weighted by Gasteiger charge is -2.13. The number of aryl methyl sites for hydroxylation is 1. The molecule has 2 nitrogen and oxygen atoms in total. The predicted octanol–water partition coefficient (Wildman–Crippen LogP) is 3.87. The molecule has 0 radical (unpaired) electrons. The first-order chi connectivity index (χ1) is 9.84. The monoisotopic (exact) mass is 262 g/mol. The van der Waals surface area contributed by atoms with Gasteiger partial charge in [0.2, 0.25) is 0 Å². The van der Waals surface area contributed by atoms with Crippen molar-refractivity contribution in [1.29, 1.82) is 0 Å². The number of aromatic nitrogens is 1. The third kappa shape index (κ3) is 2.70. The molecule has 3 aromatic rings. The largest absolute Gasteiger partial charge is 0.323 e. The highest BCUT2D eigenvalue weighted by atomic mass is 14.8. The average molecular weight is 262 g/mol. The number of benzene rings is 2. The molecule has 0 aliphatic carbocycles. The zero-order valence-electron chi connectivity index (χ0n) is 11.4. The highest BCUT2D eigenvalue weighted by Crippen LogP contribution is 2.23. The molecule has 0 saturated carbocycles. The van der Waals surface area contributed by atoms with Crippen LogP contribution in [0.2, 0.25) is 0 Å². The highest BCUT2D eigenvalue weighted by molar-refractivity contribution is 5.84. The van der Waals surface area contributed by atoms with Crippen LogP contribution in [0.3, 0.4) is 0 Å². The predicted molar refractivity (Wildman–Crippen MR) is 83.4 cm³/mol. The van der Waals surface area contributed by atoms with Gasteiger partial charge in [0.25, 0.3) is 0 Å². The van der Waals surface area contributed by atoms with Gasteiger partial charge in [-0.15, -0.1) is 0 Å². The van der Waals surface area contributed by atoms with Crippen molar-refractivity contribution in [1.82, 2.24) is 4.98 Å². The van der Waals surface area contributed by atoms with Gasteiger partial charge in [-0.25, -0.2) is 0 Å². The van der Waals surface area contributed by atoms with E-state index in [1.165, 1.54) is 10.9 Å². The third-order valence-corrected chi connectivity index (χ3v) is 3.64. The molecule has 0 aliphatic heterocycles. The normalized spacial score (nSPS) is 12.4. The first-order valence-corrected chi connectivity index (χ1v) is 6.98. The Morgan fingerprint density at radius 1 is 0.900 bits per heavy atom. The molecule has 1 heterocycles. The van der Waals surface area contributed by atoms with E-state index in [0.717, 1.165) is 23.9 Å². The maximum Gasteiger partial charge on any atom is 0.0649 e. The van der Waals surface area contributed by atoms with Gasteiger partial charge >= 0.3 is 0 Å². The third-order valence-electron chi connectivity index (χ3n) is 3.64. The molecule has 0 aliphatic rings. The van der Waals surface area contributed by atoms with Gasteiger partial charge in [-0.1, -0.05) is 54.6 Å². The van der Waals surface area contributed by atoms with E-state index in [1.807, 2.05) is 30.5 Å². The minimum Gasteiger partial charge on any atom is -0.323 e. The number of hydrogen-bond acceptors (Lipinski definition) is 2. The first kappa shape index (κ1) is 12.8. The van der Waals surface area contributed by atoms with Crippen LogP contribution in [0, 0.1) is 0 Å². The van der Waals surface area contributed by atoms with Gasteiger partial charge < -0.3 is 5.73 Å². The Balaban J connectivity index is 1.80. The van der Waals surface area contributed by atoms with Crippen molar-refractivity contribution in [2.45, 2.75) is 18.9 Å². The fourth-order valence-electron chi connectivity index (χ4n) is 2.54. The number of nitrogens with zero attached hydrogens (tertiary/aromatic N) is 1. The summed E-state index contributed by atoms with van der Waals surface area (Å²) in [6.07, 6.45) is 3.73. The lowest BCUT2D eigenvalue weighted by atomic mass is 9.99. The fraction of sp³-hybridized carbons (Fsp3) is 0.167. The molecule has 1 aromatic heterocycles. The molecule has 0 spiro atoms. The molecule has 20 heavy (non-hydrogen) atoms. The van der Waals surface area contributed by atoms with Crippen LogP contribution < -0.4 is 5.73 Å². The molecule has 0 bridgehead atoms. The molecule has 2 N–H and O–H groups in total. The Bertz CT molecular complexity index is 687. The van der Waals surface area contributed by atoms with Crippen molar-refractivity contribution in [3.05, 3.63) is 78.1 Å². The van der Waals surface area contributed by atoms with Crippen LogP contribution in [0.5, 0.6) is 0 Å². The molecule has 1 unspecified atom stereocenters. The summed E-state index contributed by atoms with van der Waals surface area (Å²) in [4.78, 5) is 4.49. The maximum absolute atomic E-state index is 6.35. The van der Waals surface area contributed by atoms with E-state index in [2.05, 4.69) is 41.4 Å². The summed E-state index contributed by atoms with van der Waals surface area (Å²) in [6.45, 7) is 0. The molecule has 1 atom stereocenters. The Labute approximate surface area is 119 Å². The van der Waals surface area contributed by atoms with E-state index >= 15 is 0 Å². The molecule has 0 amide bonds. The number of hydrogen-bond donors (Lipinski definition) is 1. The molecule has 3 rings (SSSR count). The Morgan fingerprint density at radius 3 is 2.50 bits per heavy atom. The minimum atomic E-state index is -0.0266. The molecule has 0 fully saturated rings. The second-order valence-corrected chi connectivity index (χ2v) is 5.05. The Kier molecular flexibility index (Phi) is 3.75. The van der Waals surface area contributed by atoms with Crippen LogP contribution in [-0.2, 0) is 6.42 Å². The van der Waals surface area contributed by atoms with Crippen LogP contribution in [0.4, 0.5) is 0 Å². The van der Waals surface area contributed by atoms with Crippen molar-refractivity contribution in [2.75, 3.05) is 0 Å². The zero-order valence-corrected chi connectivity index (χ0v) is 11.4. The van der Waals surface area contributed by atoms with Gasteiger partial charge in [0.1, 0.15) is 0 Å². The minimum absolute atomic E-state index is 0.0266. The molecular formula is C18H18N2. The van der Waals surface area contributed by atoms with Crippen molar-refractivity contribution in [2.24, 2.45) is 5.73 Å². The van der Waals surface area contributed by atoms with Crippen LogP contribution in [0.25, 0.3) is 10.8 Å². The van der Waals surface area contributed by atoms with E-state index < -0.39 is 0 Å². The zero-order chi connectivity index (χ0) is 13.8.